The quantitative estimate of drug-likeness (QED) is 0.860. The van der Waals surface area contributed by atoms with Crippen molar-refractivity contribution in [1.29, 1.82) is 0 Å². The molecule has 5 heteroatoms. The summed E-state index contributed by atoms with van der Waals surface area (Å²) in [4.78, 5) is 4.13. The second-order valence-electron chi connectivity index (χ2n) is 4.75. The van der Waals surface area contributed by atoms with Gasteiger partial charge in [-0.05, 0) is 12.5 Å². The van der Waals surface area contributed by atoms with Crippen molar-refractivity contribution in [3.05, 3.63) is 22.3 Å². The van der Waals surface area contributed by atoms with Crippen LogP contribution in [0.15, 0.2) is 12.3 Å². The number of aromatic nitrogens is 1. The summed E-state index contributed by atoms with van der Waals surface area (Å²) in [6.45, 7) is 4.03. The van der Waals surface area contributed by atoms with Crippen LogP contribution >= 0.6 is 23.2 Å². The Morgan fingerprint density at radius 3 is 2.69 bits per heavy atom. The van der Waals surface area contributed by atoms with Gasteiger partial charge in [-0.15, -0.1) is 0 Å². The number of aliphatic hydroxyl groups is 1. The molecular formula is C11H14Cl2N2O. The molecule has 16 heavy (non-hydrogen) atoms. The van der Waals surface area contributed by atoms with Crippen molar-refractivity contribution in [3.63, 3.8) is 0 Å². The number of hydrogen-bond acceptors (Lipinski definition) is 3. The first-order valence-electron chi connectivity index (χ1n) is 5.17. The average Bonchev–Trinajstić information content (AvgIpc) is 2.21. The van der Waals surface area contributed by atoms with E-state index in [4.69, 9.17) is 23.2 Å². The number of nitrogens with one attached hydrogen (secondary N) is 1. The molecule has 1 aliphatic carbocycles. The molecule has 1 heterocycles. The minimum absolute atomic E-state index is 0.148. The molecule has 1 saturated carbocycles. The molecule has 1 aromatic rings. The molecule has 2 unspecified atom stereocenters. The van der Waals surface area contributed by atoms with E-state index in [0.29, 0.717) is 22.3 Å². The largest absolute Gasteiger partial charge is 0.392 e. The molecule has 1 aromatic heterocycles. The molecule has 0 aromatic carbocycles. The predicted octanol–water partition coefficient (Wildman–Crippen LogP) is 2.96. The second-order valence-corrected chi connectivity index (χ2v) is 5.60. The van der Waals surface area contributed by atoms with Gasteiger partial charge in [0.25, 0.3) is 0 Å². The highest BCUT2D eigenvalue weighted by Gasteiger charge is 2.47. The zero-order valence-corrected chi connectivity index (χ0v) is 10.7. The Balaban J connectivity index is 2.11. The van der Waals surface area contributed by atoms with Gasteiger partial charge in [-0.2, -0.15) is 0 Å². The Kier molecular flexibility index (Phi) is 3.03. The molecular weight excluding hydrogens is 247 g/mol. The Morgan fingerprint density at radius 1 is 1.50 bits per heavy atom. The van der Waals surface area contributed by atoms with Gasteiger partial charge in [0.15, 0.2) is 0 Å². The predicted molar refractivity (Wildman–Crippen MR) is 66.1 cm³/mol. The molecule has 2 atom stereocenters. The molecule has 0 spiro atoms. The summed E-state index contributed by atoms with van der Waals surface area (Å²) in [7, 11) is 0. The van der Waals surface area contributed by atoms with Gasteiger partial charge in [0, 0.05) is 17.7 Å². The fraction of sp³-hybridized carbons (Fsp3) is 0.545. The monoisotopic (exact) mass is 260 g/mol. The van der Waals surface area contributed by atoms with Crippen LogP contribution < -0.4 is 5.32 Å². The number of pyridine rings is 1. The van der Waals surface area contributed by atoms with E-state index in [9.17, 15) is 5.11 Å². The van der Waals surface area contributed by atoms with E-state index in [-0.39, 0.29) is 17.6 Å². The highest BCUT2D eigenvalue weighted by Crippen LogP contribution is 2.42. The summed E-state index contributed by atoms with van der Waals surface area (Å²) in [6, 6.07) is 1.84. The third-order valence-corrected chi connectivity index (χ3v) is 3.83. The van der Waals surface area contributed by atoms with Crippen LogP contribution in [0.25, 0.3) is 0 Å². The van der Waals surface area contributed by atoms with Crippen LogP contribution in [0.1, 0.15) is 20.3 Å². The van der Waals surface area contributed by atoms with E-state index < -0.39 is 0 Å². The van der Waals surface area contributed by atoms with Gasteiger partial charge in [0.1, 0.15) is 5.82 Å². The highest BCUT2D eigenvalue weighted by atomic mass is 35.5. The van der Waals surface area contributed by atoms with E-state index in [0.717, 1.165) is 0 Å². The van der Waals surface area contributed by atoms with Crippen molar-refractivity contribution in [2.75, 3.05) is 5.32 Å². The van der Waals surface area contributed by atoms with Crippen molar-refractivity contribution < 1.29 is 5.11 Å². The van der Waals surface area contributed by atoms with Crippen molar-refractivity contribution in [1.82, 2.24) is 4.98 Å². The smallest absolute Gasteiger partial charge is 0.145 e. The van der Waals surface area contributed by atoms with Gasteiger partial charge < -0.3 is 10.4 Å². The van der Waals surface area contributed by atoms with E-state index in [1.807, 2.05) is 13.8 Å². The van der Waals surface area contributed by atoms with Gasteiger partial charge in [0.2, 0.25) is 0 Å². The Hall–Kier alpha value is -0.510. The molecule has 1 fully saturated rings. The molecule has 0 saturated heterocycles. The Labute approximate surface area is 105 Å². The van der Waals surface area contributed by atoms with E-state index in [2.05, 4.69) is 10.3 Å². The summed E-state index contributed by atoms with van der Waals surface area (Å²) < 4.78 is 0. The molecule has 3 nitrogen and oxygen atoms in total. The van der Waals surface area contributed by atoms with Gasteiger partial charge in [-0.25, -0.2) is 4.98 Å². The average molecular weight is 261 g/mol. The first kappa shape index (κ1) is 12.0. The lowest BCUT2D eigenvalue weighted by Gasteiger charge is -2.49. The maximum absolute atomic E-state index is 9.62. The van der Waals surface area contributed by atoms with Crippen molar-refractivity contribution >= 4 is 29.0 Å². The van der Waals surface area contributed by atoms with E-state index in [1.165, 1.54) is 0 Å². The molecule has 0 radical (unpaired) electrons. The van der Waals surface area contributed by atoms with Gasteiger partial charge in [-0.1, -0.05) is 37.0 Å². The van der Waals surface area contributed by atoms with E-state index in [1.54, 1.807) is 12.3 Å². The first-order chi connectivity index (χ1) is 7.41. The molecule has 0 amide bonds. The van der Waals surface area contributed by atoms with Gasteiger partial charge in [-0.3, -0.25) is 0 Å². The minimum Gasteiger partial charge on any atom is -0.392 e. The lowest BCUT2D eigenvalue weighted by Crippen LogP contribution is -2.57. The lowest BCUT2D eigenvalue weighted by molar-refractivity contribution is -0.0511. The van der Waals surface area contributed by atoms with Crippen molar-refractivity contribution in [2.45, 2.75) is 32.4 Å². The topological polar surface area (TPSA) is 45.1 Å². The lowest BCUT2D eigenvalue weighted by atomic mass is 9.64. The van der Waals surface area contributed by atoms with Crippen LogP contribution in [0.2, 0.25) is 10.0 Å². The Bertz CT molecular complexity index is 409. The van der Waals surface area contributed by atoms with Crippen LogP contribution in [0, 0.1) is 5.41 Å². The zero-order valence-electron chi connectivity index (χ0n) is 9.17. The minimum atomic E-state index is -0.268. The number of anilines is 1. The Morgan fingerprint density at radius 2 is 2.19 bits per heavy atom. The summed E-state index contributed by atoms with van der Waals surface area (Å²) in [5, 5.41) is 13.9. The normalized spacial score (nSPS) is 27.3. The molecule has 1 aliphatic rings. The van der Waals surface area contributed by atoms with E-state index >= 15 is 0 Å². The summed E-state index contributed by atoms with van der Waals surface area (Å²) in [5.41, 5.74) is -0.148. The molecule has 2 rings (SSSR count). The fourth-order valence-electron chi connectivity index (χ4n) is 1.83. The van der Waals surface area contributed by atoms with Crippen molar-refractivity contribution in [3.8, 4) is 0 Å². The number of aliphatic hydroxyl groups excluding tert-OH is 1. The second kappa shape index (κ2) is 4.06. The summed E-state index contributed by atoms with van der Waals surface area (Å²) in [5.74, 6) is 0.621. The molecule has 88 valence electrons. The molecule has 2 N–H and O–H groups in total. The highest BCUT2D eigenvalue weighted by molar-refractivity contribution is 6.35. The molecule has 0 bridgehead atoms. The zero-order chi connectivity index (χ0) is 11.9. The SMILES string of the molecule is CC1(C)C(O)CC1Nc1ncc(Cl)cc1Cl. The van der Waals surface area contributed by atoms with Gasteiger partial charge >= 0.3 is 0 Å². The third kappa shape index (κ3) is 1.99. The van der Waals surface area contributed by atoms with Crippen LogP contribution in [-0.4, -0.2) is 22.2 Å². The third-order valence-electron chi connectivity index (χ3n) is 3.33. The summed E-state index contributed by atoms with van der Waals surface area (Å²) in [6.07, 6.45) is 2.00. The van der Waals surface area contributed by atoms with Crippen LogP contribution in [0.4, 0.5) is 5.82 Å². The fourth-order valence-corrected chi connectivity index (χ4v) is 2.27. The number of hydrogen-bond donors (Lipinski definition) is 2. The maximum Gasteiger partial charge on any atom is 0.145 e. The number of rotatable bonds is 2. The van der Waals surface area contributed by atoms with Crippen LogP contribution in [0.5, 0.6) is 0 Å². The van der Waals surface area contributed by atoms with Crippen LogP contribution in [0.3, 0.4) is 0 Å². The first-order valence-corrected chi connectivity index (χ1v) is 5.92. The van der Waals surface area contributed by atoms with Gasteiger partial charge in [0.05, 0.1) is 16.1 Å². The van der Waals surface area contributed by atoms with Crippen molar-refractivity contribution in [2.24, 2.45) is 5.41 Å². The number of nitrogens with zero attached hydrogens (tertiary/aromatic N) is 1. The van der Waals surface area contributed by atoms with Crippen LogP contribution in [-0.2, 0) is 0 Å². The summed E-state index contributed by atoms with van der Waals surface area (Å²) >= 11 is 11.8. The maximum atomic E-state index is 9.62. The standard InChI is InChI=1S/C11H14Cl2N2O/c1-11(2)8(4-9(11)16)15-10-7(13)3-6(12)5-14-10/h3,5,8-9,16H,4H2,1-2H3,(H,14,15). The molecule has 0 aliphatic heterocycles. The number of halogens is 2.